The van der Waals surface area contributed by atoms with Crippen molar-refractivity contribution in [1.82, 2.24) is 10.3 Å². The van der Waals surface area contributed by atoms with Gasteiger partial charge in [-0.05, 0) is 31.5 Å². The summed E-state index contributed by atoms with van der Waals surface area (Å²) in [5.41, 5.74) is 1.20. The molecule has 5 nitrogen and oxygen atoms in total. The minimum Gasteiger partial charge on any atom is -0.316 e. The first-order valence-corrected chi connectivity index (χ1v) is 7.41. The number of piperidine rings is 1. The molecule has 1 aliphatic heterocycles. The maximum Gasteiger partial charge on any atom is 0.230 e. The standard InChI is InChI=1S/C14H14N4OS/c15-7-9-3-1-5-11-12(9)17-14(20-11)18-13(19)10-4-2-6-16-8-10/h1,3,5,10,16H,2,4,6,8H2,(H,17,18,19). The molecule has 1 aliphatic rings. The number of fused-ring (bicyclic) bond motifs is 1. The second kappa shape index (κ2) is 5.57. The van der Waals surface area contributed by atoms with Gasteiger partial charge in [0.15, 0.2) is 5.13 Å². The van der Waals surface area contributed by atoms with E-state index >= 15 is 0 Å². The second-order valence-corrected chi connectivity index (χ2v) is 5.85. The summed E-state index contributed by atoms with van der Waals surface area (Å²) in [5.74, 6) is 0.0148. The van der Waals surface area contributed by atoms with Gasteiger partial charge in [-0.25, -0.2) is 4.98 Å². The van der Waals surface area contributed by atoms with Crippen LogP contribution in [-0.4, -0.2) is 24.0 Å². The third-order valence-corrected chi connectivity index (χ3v) is 4.37. The number of carbonyl (C=O) groups excluding carboxylic acids is 1. The molecule has 0 spiro atoms. The lowest BCUT2D eigenvalue weighted by Gasteiger charge is -2.21. The van der Waals surface area contributed by atoms with Gasteiger partial charge in [0.1, 0.15) is 11.6 Å². The van der Waals surface area contributed by atoms with Crippen molar-refractivity contribution in [2.24, 2.45) is 5.92 Å². The van der Waals surface area contributed by atoms with Crippen molar-refractivity contribution < 1.29 is 4.79 Å². The molecule has 20 heavy (non-hydrogen) atoms. The van der Waals surface area contributed by atoms with Crippen LogP contribution in [0.15, 0.2) is 18.2 Å². The number of aromatic nitrogens is 1. The molecular weight excluding hydrogens is 272 g/mol. The number of carbonyl (C=O) groups is 1. The Morgan fingerprint density at radius 1 is 1.55 bits per heavy atom. The van der Waals surface area contributed by atoms with Crippen molar-refractivity contribution in [3.05, 3.63) is 23.8 Å². The van der Waals surface area contributed by atoms with Crippen molar-refractivity contribution in [2.75, 3.05) is 18.4 Å². The third kappa shape index (κ3) is 2.50. The zero-order chi connectivity index (χ0) is 13.9. The van der Waals surface area contributed by atoms with Crippen LogP contribution in [0.25, 0.3) is 10.2 Å². The first-order chi connectivity index (χ1) is 9.78. The highest BCUT2D eigenvalue weighted by Gasteiger charge is 2.22. The Kier molecular flexibility index (Phi) is 3.63. The summed E-state index contributed by atoms with van der Waals surface area (Å²) in [4.78, 5) is 16.5. The predicted octanol–water partition coefficient (Wildman–Crippen LogP) is 2.11. The van der Waals surface area contributed by atoms with E-state index in [4.69, 9.17) is 5.26 Å². The first-order valence-electron chi connectivity index (χ1n) is 6.59. The SMILES string of the molecule is N#Cc1cccc2sc(NC(=O)C3CCCNC3)nc12. The Morgan fingerprint density at radius 3 is 3.20 bits per heavy atom. The predicted molar refractivity (Wildman–Crippen MR) is 78.6 cm³/mol. The number of hydrogen-bond acceptors (Lipinski definition) is 5. The lowest BCUT2D eigenvalue weighted by molar-refractivity contribution is -0.120. The fourth-order valence-electron chi connectivity index (χ4n) is 2.38. The summed E-state index contributed by atoms with van der Waals surface area (Å²) in [5, 5.41) is 15.7. The highest BCUT2D eigenvalue weighted by atomic mass is 32.1. The minimum atomic E-state index is 0.00574. The van der Waals surface area contributed by atoms with Crippen molar-refractivity contribution in [2.45, 2.75) is 12.8 Å². The minimum absolute atomic E-state index is 0.00574. The molecule has 1 aromatic heterocycles. The summed E-state index contributed by atoms with van der Waals surface area (Å²) in [7, 11) is 0. The van der Waals surface area contributed by atoms with Gasteiger partial charge in [0, 0.05) is 6.54 Å². The van der Waals surface area contributed by atoms with Crippen LogP contribution in [-0.2, 0) is 4.79 Å². The van der Waals surface area contributed by atoms with Gasteiger partial charge in [0.2, 0.25) is 5.91 Å². The number of rotatable bonds is 2. The molecule has 0 aliphatic carbocycles. The van der Waals surface area contributed by atoms with Gasteiger partial charge in [0.05, 0.1) is 16.2 Å². The summed E-state index contributed by atoms with van der Waals surface area (Å²) < 4.78 is 0.918. The number of nitrogens with zero attached hydrogens (tertiary/aromatic N) is 2. The zero-order valence-electron chi connectivity index (χ0n) is 10.8. The molecule has 1 aromatic carbocycles. The molecule has 6 heteroatoms. The lowest BCUT2D eigenvalue weighted by Crippen LogP contribution is -2.37. The number of benzene rings is 1. The molecule has 1 amide bonds. The maximum absolute atomic E-state index is 12.1. The van der Waals surface area contributed by atoms with Gasteiger partial charge in [-0.3, -0.25) is 4.79 Å². The molecule has 2 N–H and O–H groups in total. The molecule has 1 fully saturated rings. The van der Waals surface area contributed by atoms with Gasteiger partial charge in [-0.15, -0.1) is 0 Å². The topological polar surface area (TPSA) is 77.8 Å². The molecule has 0 bridgehead atoms. The number of anilines is 1. The van der Waals surface area contributed by atoms with E-state index < -0.39 is 0 Å². The number of nitriles is 1. The third-order valence-electron chi connectivity index (χ3n) is 3.44. The Bertz CT molecular complexity index is 682. The summed E-state index contributed by atoms with van der Waals surface area (Å²) in [6, 6.07) is 7.59. The van der Waals surface area contributed by atoms with Crippen LogP contribution >= 0.6 is 11.3 Å². The average Bonchev–Trinajstić information content (AvgIpc) is 2.90. The molecule has 102 valence electrons. The Labute approximate surface area is 120 Å². The van der Waals surface area contributed by atoms with E-state index in [0.717, 1.165) is 30.6 Å². The number of thiazole rings is 1. The van der Waals surface area contributed by atoms with E-state index in [-0.39, 0.29) is 11.8 Å². The maximum atomic E-state index is 12.1. The van der Waals surface area contributed by atoms with E-state index in [1.54, 1.807) is 6.07 Å². The fraction of sp³-hybridized carbons (Fsp3) is 0.357. The molecule has 2 aromatic rings. The van der Waals surface area contributed by atoms with Crippen molar-refractivity contribution in [3.63, 3.8) is 0 Å². The zero-order valence-corrected chi connectivity index (χ0v) is 11.7. The number of para-hydroxylation sites is 1. The summed E-state index contributed by atoms with van der Waals surface area (Å²) in [6.45, 7) is 1.70. The number of amides is 1. The van der Waals surface area contributed by atoms with Crippen LogP contribution in [0.1, 0.15) is 18.4 Å². The quantitative estimate of drug-likeness (QED) is 0.886. The van der Waals surface area contributed by atoms with Crippen LogP contribution in [0.4, 0.5) is 5.13 Å². The fourth-order valence-corrected chi connectivity index (χ4v) is 3.27. The van der Waals surface area contributed by atoms with Crippen molar-refractivity contribution >= 4 is 32.6 Å². The van der Waals surface area contributed by atoms with Crippen LogP contribution < -0.4 is 10.6 Å². The number of nitrogens with one attached hydrogen (secondary N) is 2. The van der Waals surface area contributed by atoms with Gasteiger partial charge >= 0.3 is 0 Å². The lowest BCUT2D eigenvalue weighted by atomic mass is 9.99. The molecule has 2 heterocycles. The van der Waals surface area contributed by atoms with E-state index in [0.29, 0.717) is 16.2 Å². The van der Waals surface area contributed by atoms with Crippen LogP contribution in [0.5, 0.6) is 0 Å². The Hall–Kier alpha value is -1.97. The molecule has 0 radical (unpaired) electrons. The van der Waals surface area contributed by atoms with E-state index in [1.807, 2.05) is 12.1 Å². The molecule has 0 saturated carbocycles. The van der Waals surface area contributed by atoms with Crippen molar-refractivity contribution in [3.8, 4) is 6.07 Å². The second-order valence-electron chi connectivity index (χ2n) is 4.82. The Balaban J connectivity index is 1.81. The Morgan fingerprint density at radius 2 is 2.45 bits per heavy atom. The highest BCUT2D eigenvalue weighted by Crippen LogP contribution is 2.28. The molecular formula is C14H14N4OS. The summed E-state index contributed by atoms with van der Waals surface area (Å²) in [6.07, 6.45) is 1.93. The highest BCUT2D eigenvalue weighted by molar-refractivity contribution is 7.22. The van der Waals surface area contributed by atoms with Gasteiger partial charge in [0.25, 0.3) is 0 Å². The monoisotopic (exact) mass is 286 g/mol. The molecule has 1 unspecified atom stereocenters. The average molecular weight is 286 g/mol. The first kappa shape index (κ1) is 13.0. The molecule has 1 atom stereocenters. The molecule has 1 saturated heterocycles. The van der Waals surface area contributed by atoms with Crippen LogP contribution in [0.2, 0.25) is 0 Å². The summed E-state index contributed by atoms with van der Waals surface area (Å²) >= 11 is 1.40. The van der Waals surface area contributed by atoms with Gasteiger partial charge in [-0.1, -0.05) is 17.4 Å². The normalized spacial score (nSPS) is 18.6. The van der Waals surface area contributed by atoms with E-state index in [9.17, 15) is 4.79 Å². The van der Waals surface area contributed by atoms with Crippen LogP contribution in [0.3, 0.4) is 0 Å². The van der Waals surface area contributed by atoms with Gasteiger partial charge < -0.3 is 10.6 Å². The van der Waals surface area contributed by atoms with Crippen LogP contribution in [0, 0.1) is 17.2 Å². The largest absolute Gasteiger partial charge is 0.316 e. The van der Waals surface area contributed by atoms with E-state index in [1.165, 1.54) is 11.3 Å². The van der Waals surface area contributed by atoms with Gasteiger partial charge in [-0.2, -0.15) is 5.26 Å². The number of hydrogen-bond donors (Lipinski definition) is 2. The van der Waals surface area contributed by atoms with E-state index in [2.05, 4.69) is 21.7 Å². The smallest absolute Gasteiger partial charge is 0.230 e. The molecule has 3 rings (SSSR count). The van der Waals surface area contributed by atoms with Crippen molar-refractivity contribution in [1.29, 1.82) is 5.26 Å².